The van der Waals surface area contributed by atoms with E-state index < -0.39 is 0 Å². The van der Waals surface area contributed by atoms with Crippen molar-refractivity contribution in [2.24, 2.45) is 0 Å². The molecule has 114 valence electrons. The van der Waals surface area contributed by atoms with Crippen molar-refractivity contribution < 1.29 is 4.79 Å². The van der Waals surface area contributed by atoms with Crippen LogP contribution in [0.3, 0.4) is 0 Å². The summed E-state index contributed by atoms with van der Waals surface area (Å²) in [6, 6.07) is 17.2. The Hall–Kier alpha value is -1.78. The summed E-state index contributed by atoms with van der Waals surface area (Å²) in [4.78, 5) is 12.6. The second-order valence-corrected chi connectivity index (χ2v) is 6.66. The van der Waals surface area contributed by atoms with E-state index in [-0.39, 0.29) is 11.9 Å². The molecule has 0 aromatic heterocycles. The molecule has 0 aliphatic carbocycles. The van der Waals surface area contributed by atoms with Crippen LogP contribution >= 0.6 is 11.8 Å². The van der Waals surface area contributed by atoms with E-state index in [1.807, 2.05) is 30.0 Å². The Morgan fingerprint density at radius 2 is 2.05 bits per heavy atom. The van der Waals surface area contributed by atoms with E-state index in [4.69, 9.17) is 0 Å². The second-order valence-electron chi connectivity index (χ2n) is 5.60. The first-order valence-electron chi connectivity index (χ1n) is 7.49. The summed E-state index contributed by atoms with van der Waals surface area (Å²) < 4.78 is 0. The summed E-state index contributed by atoms with van der Waals surface area (Å²) in [5.74, 6) is 1.02. The molecule has 4 heteroatoms. The topological polar surface area (TPSA) is 41.1 Å². The van der Waals surface area contributed by atoms with Crippen molar-refractivity contribution in [3.8, 4) is 0 Å². The highest BCUT2D eigenvalue weighted by atomic mass is 32.2. The van der Waals surface area contributed by atoms with Gasteiger partial charge in [-0.15, -0.1) is 11.8 Å². The van der Waals surface area contributed by atoms with Crippen molar-refractivity contribution in [2.75, 3.05) is 11.1 Å². The number of rotatable bonds is 4. The van der Waals surface area contributed by atoms with E-state index in [0.29, 0.717) is 6.04 Å². The van der Waals surface area contributed by atoms with Crippen LogP contribution in [-0.4, -0.2) is 11.7 Å². The Morgan fingerprint density at radius 1 is 1.23 bits per heavy atom. The van der Waals surface area contributed by atoms with E-state index in [2.05, 4.69) is 47.9 Å². The quantitative estimate of drug-likeness (QED) is 0.891. The molecular weight excluding hydrogens is 292 g/mol. The molecule has 0 unspecified atom stereocenters. The van der Waals surface area contributed by atoms with Crippen LogP contribution < -0.4 is 10.6 Å². The van der Waals surface area contributed by atoms with Crippen LogP contribution in [0.4, 0.5) is 5.69 Å². The van der Waals surface area contributed by atoms with Crippen LogP contribution in [0, 0.1) is 0 Å². The van der Waals surface area contributed by atoms with Crippen LogP contribution in [-0.2, 0) is 4.79 Å². The average molecular weight is 312 g/mol. The zero-order chi connectivity index (χ0) is 15.5. The number of fused-ring (bicyclic) bond motifs is 1. The first-order chi connectivity index (χ1) is 10.6. The van der Waals surface area contributed by atoms with E-state index in [0.717, 1.165) is 11.4 Å². The molecular formula is C18H20N2OS. The number of thioether (sulfide) groups is 1. The standard InChI is InChI=1S/C18H20N2OS/c1-12(14-6-5-7-15(10-14)20-13(2)21)19-17-11-22-18-9-4-3-8-16(17)18/h3-10,12,17,19H,11H2,1-2H3,(H,20,21)/t12-,17-/m0/s1. The lowest BCUT2D eigenvalue weighted by atomic mass is 10.0. The number of amides is 1. The molecule has 2 N–H and O–H groups in total. The predicted molar refractivity (Wildman–Crippen MR) is 92.2 cm³/mol. The Morgan fingerprint density at radius 3 is 2.86 bits per heavy atom. The van der Waals surface area contributed by atoms with Crippen LogP contribution in [0.5, 0.6) is 0 Å². The molecule has 0 saturated carbocycles. The van der Waals surface area contributed by atoms with Crippen LogP contribution in [0.2, 0.25) is 0 Å². The summed E-state index contributed by atoms with van der Waals surface area (Å²) in [5.41, 5.74) is 3.41. The highest BCUT2D eigenvalue weighted by Gasteiger charge is 2.24. The van der Waals surface area contributed by atoms with Gasteiger partial charge in [0.2, 0.25) is 5.91 Å². The van der Waals surface area contributed by atoms with Crippen molar-refractivity contribution in [1.82, 2.24) is 5.32 Å². The molecule has 0 fully saturated rings. The molecule has 22 heavy (non-hydrogen) atoms. The SMILES string of the molecule is CC(=O)Nc1cccc([C@H](C)N[C@H]2CSc3ccccc32)c1. The summed E-state index contributed by atoms with van der Waals surface area (Å²) in [7, 11) is 0. The Labute approximate surface area is 135 Å². The van der Waals surface area contributed by atoms with Crippen molar-refractivity contribution in [1.29, 1.82) is 0 Å². The molecule has 0 bridgehead atoms. The molecule has 0 radical (unpaired) electrons. The fourth-order valence-corrected chi connectivity index (χ4v) is 3.96. The van der Waals surface area contributed by atoms with E-state index in [1.165, 1.54) is 22.9 Å². The minimum atomic E-state index is -0.0427. The summed E-state index contributed by atoms with van der Waals surface area (Å²) in [5, 5.41) is 6.54. The average Bonchev–Trinajstić information content (AvgIpc) is 2.90. The third kappa shape index (κ3) is 3.34. The van der Waals surface area contributed by atoms with Gasteiger partial charge >= 0.3 is 0 Å². The van der Waals surface area contributed by atoms with Crippen LogP contribution in [0.1, 0.15) is 37.1 Å². The van der Waals surface area contributed by atoms with Gasteiger partial charge in [0.25, 0.3) is 0 Å². The van der Waals surface area contributed by atoms with Crippen molar-refractivity contribution in [3.63, 3.8) is 0 Å². The maximum absolute atomic E-state index is 11.2. The molecule has 3 rings (SSSR count). The van der Waals surface area contributed by atoms with Gasteiger partial charge in [0.05, 0.1) is 0 Å². The smallest absolute Gasteiger partial charge is 0.221 e. The lowest BCUT2D eigenvalue weighted by Crippen LogP contribution is -2.24. The molecule has 1 heterocycles. The number of anilines is 1. The summed E-state index contributed by atoms with van der Waals surface area (Å²) >= 11 is 1.91. The number of nitrogens with one attached hydrogen (secondary N) is 2. The van der Waals surface area contributed by atoms with Gasteiger partial charge in [0.15, 0.2) is 0 Å². The molecule has 2 atom stereocenters. The number of hydrogen-bond acceptors (Lipinski definition) is 3. The van der Waals surface area contributed by atoms with Crippen LogP contribution in [0.15, 0.2) is 53.4 Å². The number of carbonyl (C=O) groups is 1. The number of benzene rings is 2. The van der Waals surface area contributed by atoms with E-state index in [9.17, 15) is 4.79 Å². The molecule has 1 aliphatic rings. The van der Waals surface area contributed by atoms with Gasteiger partial charge in [-0.3, -0.25) is 4.79 Å². The fraction of sp³-hybridized carbons (Fsp3) is 0.278. The first-order valence-corrected chi connectivity index (χ1v) is 8.47. The van der Waals surface area contributed by atoms with E-state index in [1.54, 1.807) is 0 Å². The fourth-order valence-electron chi connectivity index (χ4n) is 2.79. The van der Waals surface area contributed by atoms with Crippen LogP contribution in [0.25, 0.3) is 0 Å². The molecule has 0 spiro atoms. The largest absolute Gasteiger partial charge is 0.326 e. The Kier molecular flexibility index (Phi) is 4.50. The zero-order valence-corrected chi connectivity index (χ0v) is 13.6. The van der Waals surface area contributed by atoms with Gasteiger partial charge in [-0.05, 0) is 36.2 Å². The predicted octanol–water partition coefficient (Wildman–Crippen LogP) is 4.14. The maximum atomic E-state index is 11.2. The van der Waals surface area contributed by atoms with Gasteiger partial charge in [-0.2, -0.15) is 0 Å². The van der Waals surface area contributed by atoms with E-state index >= 15 is 0 Å². The Bertz CT molecular complexity index is 686. The van der Waals surface area contributed by atoms with Crippen molar-refractivity contribution >= 4 is 23.4 Å². The molecule has 1 aliphatic heterocycles. The normalized spacial score (nSPS) is 17.8. The first kappa shape index (κ1) is 15.1. The minimum absolute atomic E-state index is 0.0427. The molecule has 2 aromatic carbocycles. The van der Waals surface area contributed by atoms with Gasteiger partial charge < -0.3 is 10.6 Å². The number of carbonyl (C=O) groups excluding carboxylic acids is 1. The highest BCUT2D eigenvalue weighted by molar-refractivity contribution is 7.99. The monoisotopic (exact) mass is 312 g/mol. The lowest BCUT2D eigenvalue weighted by molar-refractivity contribution is -0.114. The lowest BCUT2D eigenvalue weighted by Gasteiger charge is -2.21. The number of hydrogen-bond donors (Lipinski definition) is 2. The third-order valence-electron chi connectivity index (χ3n) is 3.86. The molecule has 0 saturated heterocycles. The van der Waals surface area contributed by atoms with Gasteiger partial charge in [-0.1, -0.05) is 30.3 Å². The summed E-state index contributed by atoms with van der Waals surface area (Å²) in [6.45, 7) is 3.69. The Balaban J connectivity index is 1.73. The zero-order valence-electron chi connectivity index (χ0n) is 12.8. The molecule has 3 nitrogen and oxygen atoms in total. The van der Waals surface area contributed by atoms with Gasteiger partial charge in [-0.25, -0.2) is 0 Å². The minimum Gasteiger partial charge on any atom is -0.326 e. The molecule has 1 amide bonds. The van der Waals surface area contributed by atoms with Gasteiger partial charge in [0.1, 0.15) is 0 Å². The van der Waals surface area contributed by atoms with Crippen molar-refractivity contribution in [2.45, 2.75) is 30.8 Å². The highest BCUT2D eigenvalue weighted by Crippen LogP contribution is 2.38. The molecule has 2 aromatic rings. The third-order valence-corrected chi connectivity index (χ3v) is 5.04. The summed E-state index contributed by atoms with van der Waals surface area (Å²) in [6.07, 6.45) is 0. The maximum Gasteiger partial charge on any atom is 0.221 e. The van der Waals surface area contributed by atoms with Crippen molar-refractivity contribution in [3.05, 3.63) is 59.7 Å². The van der Waals surface area contributed by atoms with Gasteiger partial charge in [0, 0.05) is 35.3 Å². The second kappa shape index (κ2) is 6.55.